The average Bonchev–Trinajstić information content (AvgIpc) is 2.63. The second-order valence-electron chi connectivity index (χ2n) is 5.73. The van der Waals surface area contributed by atoms with Crippen molar-refractivity contribution in [1.29, 1.82) is 0 Å². The van der Waals surface area contributed by atoms with Gasteiger partial charge < -0.3 is 10.4 Å². The molecule has 0 amide bonds. The van der Waals surface area contributed by atoms with Crippen molar-refractivity contribution in [2.24, 2.45) is 0 Å². The maximum Gasteiger partial charge on any atom is 0.105 e. The lowest BCUT2D eigenvalue weighted by Gasteiger charge is -2.27. The van der Waals surface area contributed by atoms with Crippen molar-refractivity contribution in [2.45, 2.75) is 58.7 Å². The van der Waals surface area contributed by atoms with E-state index in [1.54, 1.807) is 6.20 Å². The van der Waals surface area contributed by atoms with Gasteiger partial charge in [0.1, 0.15) is 5.60 Å². The van der Waals surface area contributed by atoms with Gasteiger partial charge >= 0.3 is 0 Å². The molecule has 0 aliphatic carbocycles. The predicted molar refractivity (Wildman–Crippen MR) is 69.8 cm³/mol. The number of nitrogens with one attached hydrogen (secondary N) is 1. The molecule has 0 spiro atoms. The maximum absolute atomic E-state index is 10.5. The van der Waals surface area contributed by atoms with Crippen molar-refractivity contribution in [3.8, 4) is 0 Å². The quantitative estimate of drug-likeness (QED) is 0.825. The van der Waals surface area contributed by atoms with Crippen molar-refractivity contribution >= 4 is 0 Å². The van der Waals surface area contributed by atoms with E-state index in [1.807, 2.05) is 24.6 Å². The molecule has 0 saturated heterocycles. The summed E-state index contributed by atoms with van der Waals surface area (Å²) in [6.45, 7) is 11.8. The van der Waals surface area contributed by atoms with Crippen LogP contribution in [0.25, 0.3) is 0 Å². The van der Waals surface area contributed by atoms with Crippen LogP contribution in [-0.2, 0) is 12.1 Å². The van der Waals surface area contributed by atoms with Crippen LogP contribution in [0.1, 0.15) is 46.7 Å². The topological polar surface area (TPSA) is 50.1 Å². The molecule has 2 N–H and O–H groups in total. The summed E-state index contributed by atoms with van der Waals surface area (Å²) < 4.78 is 1.84. The number of aliphatic hydroxyl groups is 1. The van der Waals surface area contributed by atoms with E-state index >= 15 is 0 Å². The van der Waals surface area contributed by atoms with Crippen molar-refractivity contribution in [2.75, 3.05) is 6.54 Å². The highest BCUT2D eigenvalue weighted by molar-refractivity contribution is 5.10. The fourth-order valence-electron chi connectivity index (χ4n) is 1.85. The minimum atomic E-state index is -0.829. The van der Waals surface area contributed by atoms with Crippen LogP contribution >= 0.6 is 0 Å². The highest BCUT2D eigenvalue weighted by Crippen LogP contribution is 2.23. The Bertz CT molecular complexity index is 350. The van der Waals surface area contributed by atoms with Crippen LogP contribution in [0.3, 0.4) is 0 Å². The van der Waals surface area contributed by atoms with Gasteiger partial charge in [0.25, 0.3) is 0 Å². The molecule has 0 bridgehead atoms. The van der Waals surface area contributed by atoms with Crippen LogP contribution < -0.4 is 5.32 Å². The van der Waals surface area contributed by atoms with Crippen LogP contribution in [0.2, 0.25) is 0 Å². The van der Waals surface area contributed by atoms with Gasteiger partial charge in [-0.3, -0.25) is 4.68 Å². The molecule has 1 aromatic rings. The maximum atomic E-state index is 10.5. The van der Waals surface area contributed by atoms with E-state index in [4.69, 9.17) is 0 Å². The smallest absolute Gasteiger partial charge is 0.105 e. The first-order chi connectivity index (χ1) is 7.76. The van der Waals surface area contributed by atoms with Gasteiger partial charge in [0.05, 0.1) is 5.69 Å². The number of rotatable bonds is 5. The van der Waals surface area contributed by atoms with Crippen LogP contribution in [0, 0.1) is 0 Å². The third kappa shape index (κ3) is 4.13. The third-order valence-electron chi connectivity index (χ3n) is 2.84. The standard InChI is InChI=1S/C13H25N3O/c1-6-16-11(7-9-15-16)13(5,17)8-10-14-12(2,3)4/h7,9,14,17H,6,8,10H2,1-5H3. The Hall–Kier alpha value is -0.870. The van der Waals surface area contributed by atoms with Crippen molar-refractivity contribution in [3.05, 3.63) is 18.0 Å². The number of aromatic nitrogens is 2. The van der Waals surface area contributed by atoms with Crippen molar-refractivity contribution in [3.63, 3.8) is 0 Å². The molecule has 4 nitrogen and oxygen atoms in total. The Balaban J connectivity index is 2.62. The molecule has 0 aliphatic heterocycles. The molecular weight excluding hydrogens is 214 g/mol. The Kier molecular flexibility index (Phi) is 4.33. The van der Waals surface area contributed by atoms with E-state index in [1.165, 1.54) is 0 Å². The second kappa shape index (κ2) is 5.19. The average molecular weight is 239 g/mol. The van der Waals surface area contributed by atoms with Crippen LogP contribution in [0.5, 0.6) is 0 Å². The summed E-state index contributed by atoms with van der Waals surface area (Å²) in [5, 5.41) is 18.1. The molecule has 0 aromatic carbocycles. The van der Waals surface area contributed by atoms with Crippen LogP contribution in [0.15, 0.2) is 12.3 Å². The van der Waals surface area contributed by atoms with Crippen molar-refractivity contribution < 1.29 is 5.11 Å². The van der Waals surface area contributed by atoms with Crippen LogP contribution in [-0.4, -0.2) is 27.0 Å². The molecule has 0 radical (unpaired) electrons. The normalized spacial score (nSPS) is 15.9. The van der Waals surface area contributed by atoms with Gasteiger partial charge in [0, 0.05) is 18.3 Å². The zero-order chi connectivity index (χ0) is 13.1. The second-order valence-corrected chi connectivity index (χ2v) is 5.73. The van der Waals surface area contributed by atoms with E-state index in [0.29, 0.717) is 6.42 Å². The van der Waals surface area contributed by atoms with Gasteiger partial charge in [0.2, 0.25) is 0 Å². The largest absolute Gasteiger partial charge is 0.384 e. The summed E-state index contributed by atoms with van der Waals surface area (Å²) in [7, 11) is 0. The highest BCUT2D eigenvalue weighted by atomic mass is 16.3. The fraction of sp³-hybridized carbons (Fsp3) is 0.769. The molecule has 17 heavy (non-hydrogen) atoms. The number of aryl methyl sites for hydroxylation is 1. The lowest BCUT2D eigenvalue weighted by atomic mass is 9.97. The summed E-state index contributed by atoms with van der Waals surface area (Å²) in [6, 6.07) is 1.89. The molecule has 1 rings (SSSR count). The Labute approximate surface area is 104 Å². The van der Waals surface area contributed by atoms with E-state index in [2.05, 4.69) is 31.2 Å². The third-order valence-corrected chi connectivity index (χ3v) is 2.84. The van der Waals surface area contributed by atoms with Gasteiger partial charge in [-0.15, -0.1) is 0 Å². The van der Waals surface area contributed by atoms with Gasteiger partial charge in [-0.1, -0.05) is 0 Å². The molecule has 98 valence electrons. The summed E-state index contributed by atoms with van der Waals surface area (Å²) in [6.07, 6.45) is 2.42. The molecule has 1 heterocycles. The molecule has 1 unspecified atom stereocenters. The van der Waals surface area contributed by atoms with Gasteiger partial charge in [0.15, 0.2) is 0 Å². The van der Waals surface area contributed by atoms with E-state index < -0.39 is 5.60 Å². The fourth-order valence-corrected chi connectivity index (χ4v) is 1.85. The van der Waals surface area contributed by atoms with Crippen LogP contribution in [0.4, 0.5) is 0 Å². The minimum absolute atomic E-state index is 0.0844. The summed E-state index contributed by atoms with van der Waals surface area (Å²) in [5.74, 6) is 0. The first-order valence-corrected chi connectivity index (χ1v) is 6.26. The van der Waals surface area contributed by atoms with Crippen molar-refractivity contribution in [1.82, 2.24) is 15.1 Å². The van der Waals surface area contributed by atoms with E-state index in [0.717, 1.165) is 18.8 Å². The predicted octanol–water partition coefficient (Wildman–Crippen LogP) is 1.89. The van der Waals surface area contributed by atoms with Gasteiger partial charge in [-0.2, -0.15) is 5.10 Å². The Morgan fingerprint density at radius 2 is 2.00 bits per heavy atom. The summed E-state index contributed by atoms with van der Waals surface area (Å²) >= 11 is 0. The monoisotopic (exact) mass is 239 g/mol. The van der Waals surface area contributed by atoms with Gasteiger partial charge in [-0.25, -0.2) is 0 Å². The first-order valence-electron chi connectivity index (χ1n) is 6.26. The lowest BCUT2D eigenvalue weighted by molar-refractivity contribution is 0.0372. The number of hydrogen-bond donors (Lipinski definition) is 2. The zero-order valence-electron chi connectivity index (χ0n) is 11.6. The van der Waals surface area contributed by atoms with E-state index in [-0.39, 0.29) is 5.54 Å². The Morgan fingerprint density at radius 3 is 2.53 bits per heavy atom. The minimum Gasteiger partial charge on any atom is -0.384 e. The van der Waals surface area contributed by atoms with Gasteiger partial charge in [-0.05, 0) is 53.7 Å². The molecule has 4 heteroatoms. The molecule has 1 atom stereocenters. The molecular formula is C13H25N3O. The SMILES string of the molecule is CCn1nccc1C(C)(O)CCNC(C)(C)C. The molecule has 0 aliphatic rings. The molecule has 1 aromatic heterocycles. The summed E-state index contributed by atoms with van der Waals surface area (Å²) in [5.41, 5.74) is 0.141. The molecule has 0 fully saturated rings. The lowest BCUT2D eigenvalue weighted by Crippen LogP contribution is -2.39. The molecule has 0 saturated carbocycles. The summed E-state index contributed by atoms with van der Waals surface area (Å²) in [4.78, 5) is 0. The number of hydrogen-bond acceptors (Lipinski definition) is 3. The zero-order valence-corrected chi connectivity index (χ0v) is 11.6. The first kappa shape index (κ1) is 14.2. The number of nitrogens with zero attached hydrogens (tertiary/aromatic N) is 2. The Morgan fingerprint density at radius 1 is 1.35 bits per heavy atom. The van der Waals surface area contributed by atoms with E-state index in [9.17, 15) is 5.11 Å². The highest BCUT2D eigenvalue weighted by Gasteiger charge is 2.26.